The van der Waals surface area contributed by atoms with E-state index in [0.29, 0.717) is 42.6 Å². The maximum Gasteiger partial charge on any atom is 0.324 e. The molecular formula is C53H63N7O8. The molecule has 5 aromatic rings. The first-order valence-corrected chi connectivity index (χ1v) is 23.3. The Morgan fingerprint density at radius 2 is 1.85 bits per heavy atom. The molecule has 1 saturated heterocycles. The molecule has 6 bridgehead atoms. The normalized spacial score (nSPS) is 18.3. The Bertz CT molecular complexity index is 2730. The molecule has 15 heteroatoms. The maximum absolute atomic E-state index is 14.7. The van der Waals surface area contributed by atoms with Gasteiger partial charge in [0.15, 0.2) is 5.78 Å². The smallest absolute Gasteiger partial charge is 0.324 e. The summed E-state index contributed by atoms with van der Waals surface area (Å²) in [6.07, 6.45) is 5.53. The minimum Gasteiger partial charge on any atom is -0.508 e. The number of amides is 3. The molecule has 68 heavy (non-hydrogen) atoms. The number of rotatable bonds is 12. The molecule has 5 heterocycles. The molecular weight excluding hydrogens is 863 g/mol. The van der Waals surface area contributed by atoms with E-state index in [0.717, 1.165) is 39.0 Å². The number of pyridine rings is 2. The van der Waals surface area contributed by atoms with E-state index in [-0.39, 0.29) is 49.2 Å². The van der Waals surface area contributed by atoms with Crippen molar-refractivity contribution in [3.63, 3.8) is 0 Å². The van der Waals surface area contributed by atoms with Gasteiger partial charge in [-0.3, -0.25) is 38.9 Å². The van der Waals surface area contributed by atoms with Crippen LogP contribution in [0.2, 0.25) is 0 Å². The zero-order chi connectivity index (χ0) is 49.0. The van der Waals surface area contributed by atoms with E-state index in [4.69, 9.17) is 14.5 Å². The van der Waals surface area contributed by atoms with Crippen molar-refractivity contribution in [2.24, 2.45) is 11.3 Å². The van der Waals surface area contributed by atoms with Crippen molar-refractivity contribution in [1.82, 2.24) is 35.2 Å². The van der Waals surface area contributed by atoms with E-state index in [9.17, 15) is 29.1 Å². The van der Waals surface area contributed by atoms with E-state index in [1.807, 2.05) is 39.0 Å². The summed E-state index contributed by atoms with van der Waals surface area (Å²) >= 11 is 0. The Morgan fingerprint density at radius 3 is 2.54 bits per heavy atom. The van der Waals surface area contributed by atoms with Gasteiger partial charge in [0.2, 0.25) is 5.91 Å². The van der Waals surface area contributed by atoms with E-state index < -0.39 is 53.1 Å². The lowest BCUT2D eigenvalue weighted by Gasteiger charge is -2.36. The SMILES string of the molecule is C=CC(=O)Cc1ccc(C(=O)N(C)[C@H](C(=O)N[C@H]2Cc3cc(O)cc(c3)-c3ccc4c(c3)c(c(-c3cccnc3[C@H](C)OC)n4CC)CC(C)(C)COC(=O)[C@@H]3CCCN(N3)C2=O)C(C)C)cn1. The number of phenols is 1. The molecule has 2 aliphatic rings. The Hall–Kier alpha value is -6.71. The lowest BCUT2D eigenvalue weighted by molar-refractivity contribution is -0.155. The molecule has 0 aliphatic carbocycles. The van der Waals surface area contributed by atoms with Gasteiger partial charge in [0.25, 0.3) is 11.8 Å². The molecule has 3 aromatic heterocycles. The number of ether oxygens (including phenoxy) is 2. The van der Waals surface area contributed by atoms with Crippen LogP contribution in [-0.4, -0.2) is 104 Å². The number of hydrazine groups is 1. The Morgan fingerprint density at radius 1 is 1.07 bits per heavy atom. The van der Waals surface area contributed by atoms with Crippen LogP contribution in [0.1, 0.15) is 93.4 Å². The number of methoxy groups -OCH3 is 1. The second kappa shape index (κ2) is 20.7. The number of benzene rings is 2. The molecule has 0 spiro atoms. The van der Waals surface area contributed by atoms with Gasteiger partial charge in [-0.1, -0.05) is 46.4 Å². The second-order valence-electron chi connectivity index (χ2n) is 19.0. The summed E-state index contributed by atoms with van der Waals surface area (Å²) in [6, 6.07) is 15.5. The van der Waals surface area contributed by atoms with Gasteiger partial charge in [-0.2, -0.15) is 0 Å². The fraction of sp³-hybridized carbons (Fsp3) is 0.415. The van der Waals surface area contributed by atoms with E-state index in [1.165, 1.54) is 29.2 Å². The van der Waals surface area contributed by atoms with Gasteiger partial charge in [0, 0.05) is 73.6 Å². The summed E-state index contributed by atoms with van der Waals surface area (Å²) in [5.41, 5.74) is 10.1. The molecule has 7 rings (SSSR count). The molecule has 0 radical (unpaired) electrons. The number of cyclic esters (lactones) is 1. The number of carbonyl (C=O) groups is 5. The number of hydrogen-bond acceptors (Lipinski definition) is 11. The van der Waals surface area contributed by atoms with Gasteiger partial charge in [-0.15, -0.1) is 0 Å². The van der Waals surface area contributed by atoms with Gasteiger partial charge < -0.3 is 29.4 Å². The van der Waals surface area contributed by atoms with Gasteiger partial charge in [-0.05, 0) is 116 Å². The predicted octanol–water partition coefficient (Wildman–Crippen LogP) is 6.94. The highest BCUT2D eigenvalue weighted by molar-refractivity contribution is 5.99. The molecule has 0 saturated carbocycles. The van der Waals surface area contributed by atoms with Crippen molar-refractivity contribution in [1.29, 1.82) is 0 Å². The molecule has 358 valence electrons. The minimum absolute atomic E-state index is 0.0240. The molecule has 2 aliphatic heterocycles. The van der Waals surface area contributed by atoms with E-state index in [1.54, 1.807) is 37.6 Å². The van der Waals surface area contributed by atoms with Crippen LogP contribution in [-0.2, 0) is 54.5 Å². The summed E-state index contributed by atoms with van der Waals surface area (Å²) in [5.74, 6) is -2.66. The van der Waals surface area contributed by atoms with Crippen LogP contribution in [0.15, 0.2) is 85.7 Å². The van der Waals surface area contributed by atoms with Crippen molar-refractivity contribution < 1.29 is 38.6 Å². The Balaban J connectivity index is 1.30. The summed E-state index contributed by atoms with van der Waals surface area (Å²) in [4.78, 5) is 79.4. The van der Waals surface area contributed by atoms with E-state index >= 15 is 0 Å². The highest BCUT2D eigenvalue weighted by Crippen LogP contribution is 2.42. The fourth-order valence-corrected chi connectivity index (χ4v) is 9.49. The number of aromatic nitrogens is 3. The third-order valence-corrected chi connectivity index (χ3v) is 13.0. The van der Waals surface area contributed by atoms with Crippen LogP contribution in [0.3, 0.4) is 0 Å². The Kier molecular flexibility index (Phi) is 14.9. The number of hydrogen-bond donors (Lipinski definition) is 3. The van der Waals surface area contributed by atoms with Crippen LogP contribution in [0.5, 0.6) is 5.75 Å². The number of phenolic OH excluding ortho intramolecular Hbond substituents is 1. The van der Waals surface area contributed by atoms with Crippen molar-refractivity contribution in [3.8, 4) is 28.1 Å². The minimum atomic E-state index is -1.19. The second-order valence-corrected chi connectivity index (χ2v) is 19.0. The number of likely N-dealkylation sites (N-methyl/N-ethyl adjacent to an activating group) is 1. The number of allylic oxidation sites excluding steroid dienone is 1. The Labute approximate surface area is 397 Å². The average molecular weight is 926 g/mol. The van der Waals surface area contributed by atoms with Gasteiger partial charge in [0.1, 0.15) is 23.9 Å². The number of fused-ring (bicyclic) bond motifs is 6. The summed E-state index contributed by atoms with van der Waals surface area (Å²) < 4.78 is 14.2. The number of aromatic hydroxyl groups is 1. The molecule has 3 N–H and O–H groups in total. The predicted molar refractivity (Wildman–Crippen MR) is 259 cm³/mol. The zero-order valence-corrected chi connectivity index (χ0v) is 40.3. The highest BCUT2D eigenvalue weighted by Gasteiger charge is 2.38. The quantitative estimate of drug-likeness (QED) is 0.0870. The standard InChI is InChI=1S/C53H63N7O8/c1-10-38(61)27-37-18-16-35(29-55-37)50(64)58(8)47(31(3)4)49(63)56-44-24-33-22-36(25-39(62)23-33)34-17-19-45-41(26-34)42(48(59(45)11-2)40-14-12-20-54-46(40)32(5)67-9)28-53(6,7)30-68-52(66)43-15-13-21-60(57-43)51(44)65/h10,12,14,16-20,22-23,25-26,29,31-32,43-44,47,57,62H,1,11,13,15,21,24,27-28,30H2,2-9H3,(H,56,63)/t32-,43-,44-,47-/m0/s1. The summed E-state index contributed by atoms with van der Waals surface area (Å²) in [5, 5.41) is 16.7. The van der Waals surface area contributed by atoms with E-state index in [2.05, 4.69) is 65.8 Å². The highest BCUT2D eigenvalue weighted by atomic mass is 16.5. The summed E-state index contributed by atoms with van der Waals surface area (Å²) in [6.45, 7) is 16.3. The maximum atomic E-state index is 14.7. The first-order chi connectivity index (χ1) is 32.4. The first-order valence-electron chi connectivity index (χ1n) is 23.3. The summed E-state index contributed by atoms with van der Waals surface area (Å²) in [7, 11) is 3.19. The van der Waals surface area contributed by atoms with Crippen molar-refractivity contribution in [2.75, 3.05) is 27.3 Å². The third kappa shape index (κ3) is 10.5. The topological polar surface area (TPSA) is 185 Å². The monoisotopic (exact) mass is 925 g/mol. The van der Waals surface area contributed by atoms with Gasteiger partial charge in [-0.25, -0.2) is 5.43 Å². The van der Waals surface area contributed by atoms with Crippen LogP contribution in [0, 0.1) is 11.3 Å². The lowest BCUT2D eigenvalue weighted by Crippen LogP contribution is -2.62. The van der Waals surface area contributed by atoms with Crippen LogP contribution < -0.4 is 10.7 Å². The molecule has 4 atom stereocenters. The first kappa shape index (κ1) is 49.2. The molecule has 1 fully saturated rings. The number of nitrogens with zero attached hydrogens (tertiary/aromatic N) is 5. The number of nitrogens with one attached hydrogen (secondary N) is 2. The van der Waals surface area contributed by atoms with Crippen LogP contribution >= 0.6 is 0 Å². The zero-order valence-electron chi connectivity index (χ0n) is 40.3. The number of carbonyl (C=O) groups excluding carboxylic acids is 5. The van der Waals surface area contributed by atoms with Crippen LogP contribution in [0.4, 0.5) is 0 Å². The molecule has 3 amide bonds. The van der Waals surface area contributed by atoms with Gasteiger partial charge >= 0.3 is 5.97 Å². The number of ketones is 1. The fourth-order valence-electron chi connectivity index (χ4n) is 9.49. The number of aryl methyl sites for hydroxylation is 1. The van der Waals surface area contributed by atoms with Crippen LogP contribution in [0.25, 0.3) is 33.3 Å². The number of esters is 1. The van der Waals surface area contributed by atoms with Crippen molar-refractivity contribution in [3.05, 3.63) is 114 Å². The van der Waals surface area contributed by atoms with Crippen molar-refractivity contribution in [2.45, 2.75) is 104 Å². The lowest BCUT2D eigenvalue weighted by atomic mass is 9.84. The molecule has 2 aromatic carbocycles. The molecule has 0 unspecified atom stereocenters. The van der Waals surface area contributed by atoms with Gasteiger partial charge in [0.05, 0.1) is 36.1 Å². The van der Waals surface area contributed by atoms with Crippen molar-refractivity contribution >= 4 is 40.4 Å². The third-order valence-electron chi connectivity index (χ3n) is 13.0. The average Bonchev–Trinajstić information content (AvgIpc) is 3.63. The molecule has 15 nitrogen and oxygen atoms in total. The largest absolute Gasteiger partial charge is 0.508 e.